The molecule has 0 aliphatic carbocycles. The van der Waals surface area contributed by atoms with Gasteiger partial charge in [-0.15, -0.1) is 0 Å². The van der Waals surface area contributed by atoms with E-state index in [1.807, 2.05) is 0 Å². The van der Waals surface area contributed by atoms with Crippen molar-refractivity contribution in [2.24, 2.45) is 5.92 Å². The minimum absolute atomic E-state index is 0.204. The van der Waals surface area contributed by atoms with Crippen LogP contribution in [0.15, 0.2) is 36.5 Å². The molecule has 0 saturated carbocycles. The summed E-state index contributed by atoms with van der Waals surface area (Å²) in [6.45, 7) is 17.0. The van der Waals surface area contributed by atoms with Gasteiger partial charge in [0.1, 0.15) is 5.04 Å². The summed E-state index contributed by atoms with van der Waals surface area (Å²) in [7, 11) is 0.897. The molecule has 0 aliphatic rings. The first-order valence-corrected chi connectivity index (χ1v) is 7.35. The highest BCUT2D eigenvalue weighted by Gasteiger charge is 2.53. The van der Waals surface area contributed by atoms with E-state index in [0.29, 0.717) is 0 Å². The highest BCUT2D eigenvalue weighted by Crippen LogP contribution is 2.42. The number of hydrogen-bond donors (Lipinski definition) is 0. The zero-order valence-corrected chi connectivity index (χ0v) is 14.3. The van der Waals surface area contributed by atoms with Crippen molar-refractivity contribution in [1.82, 2.24) is 0 Å². The molecule has 0 aromatic rings. The predicted octanol–water partition coefficient (Wildman–Crippen LogP) is 2.48. The molecule has 0 amide bonds. The van der Waals surface area contributed by atoms with Crippen molar-refractivity contribution in [3.05, 3.63) is 36.5 Å². The Balaban J connectivity index is 6.28. The number of hydrogen-bond acceptors (Lipinski definition) is 4. The van der Waals surface area contributed by atoms with Gasteiger partial charge < -0.3 is 4.43 Å². The van der Waals surface area contributed by atoms with E-state index in [1.54, 1.807) is 13.8 Å². The standard InChI is InChI=1S/C16H22O4Si/c1-9(2)13(17)12(7)16(21-20-8,14(18)10(3)4)15(19)11(5)6/h12H,1,3,5H2,2,4,6-8H3. The van der Waals surface area contributed by atoms with Crippen molar-refractivity contribution in [1.29, 1.82) is 0 Å². The lowest BCUT2D eigenvalue weighted by molar-refractivity contribution is -0.134. The van der Waals surface area contributed by atoms with Crippen molar-refractivity contribution in [2.75, 3.05) is 7.11 Å². The molecule has 2 radical (unpaired) electrons. The Morgan fingerprint density at radius 1 is 0.952 bits per heavy atom. The fraction of sp³-hybridized carbons (Fsp3) is 0.438. The largest absolute Gasteiger partial charge is 0.419 e. The smallest absolute Gasteiger partial charge is 0.253 e. The molecule has 0 spiro atoms. The number of Topliss-reactive ketones (excluding diaryl/α,β-unsaturated/α-hetero) is 3. The first kappa shape index (κ1) is 19.4. The van der Waals surface area contributed by atoms with Gasteiger partial charge in [-0.1, -0.05) is 26.7 Å². The Morgan fingerprint density at radius 3 is 1.57 bits per heavy atom. The Kier molecular flexibility index (Phi) is 6.86. The van der Waals surface area contributed by atoms with E-state index in [9.17, 15) is 14.4 Å². The minimum atomic E-state index is -1.61. The maximum Gasteiger partial charge on any atom is 0.253 e. The molecule has 0 aromatic carbocycles. The zero-order chi connectivity index (χ0) is 17.0. The van der Waals surface area contributed by atoms with Crippen LogP contribution in [0.5, 0.6) is 0 Å². The topological polar surface area (TPSA) is 60.4 Å². The molecule has 0 aliphatic heterocycles. The van der Waals surface area contributed by atoms with Crippen molar-refractivity contribution in [2.45, 2.75) is 32.7 Å². The Morgan fingerprint density at radius 2 is 1.33 bits per heavy atom. The van der Waals surface area contributed by atoms with Crippen LogP contribution >= 0.6 is 0 Å². The van der Waals surface area contributed by atoms with Crippen molar-refractivity contribution < 1.29 is 18.8 Å². The van der Waals surface area contributed by atoms with Crippen LogP contribution in [0.3, 0.4) is 0 Å². The highest BCUT2D eigenvalue weighted by atomic mass is 28.2. The van der Waals surface area contributed by atoms with E-state index in [2.05, 4.69) is 19.7 Å². The summed E-state index contributed by atoms with van der Waals surface area (Å²) in [5.74, 6) is -2.21. The van der Waals surface area contributed by atoms with Crippen LogP contribution < -0.4 is 0 Å². The van der Waals surface area contributed by atoms with E-state index in [4.69, 9.17) is 4.43 Å². The van der Waals surface area contributed by atoms with Gasteiger partial charge in [-0.05, 0) is 37.5 Å². The lowest BCUT2D eigenvalue weighted by Gasteiger charge is -2.34. The van der Waals surface area contributed by atoms with Crippen LogP contribution in [0, 0.1) is 5.92 Å². The van der Waals surface area contributed by atoms with Gasteiger partial charge in [0.2, 0.25) is 0 Å². The summed E-state index contributed by atoms with van der Waals surface area (Å²) in [4.78, 5) is 37.6. The molecule has 0 fully saturated rings. The predicted molar refractivity (Wildman–Crippen MR) is 84.1 cm³/mol. The zero-order valence-electron chi connectivity index (χ0n) is 13.3. The molecule has 114 valence electrons. The number of rotatable bonds is 9. The summed E-state index contributed by atoms with van der Waals surface area (Å²) >= 11 is 0. The van der Waals surface area contributed by atoms with Gasteiger partial charge in [0, 0.05) is 13.0 Å². The molecule has 5 heteroatoms. The molecule has 4 nitrogen and oxygen atoms in total. The van der Waals surface area contributed by atoms with Gasteiger partial charge in [0.15, 0.2) is 17.3 Å². The van der Waals surface area contributed by atoms with Gasteiger partial charge in [0.25, 0.3) is 9.76 Å². The number of carbonyl (C=O) groups excluding carboxylic acids is 3. The van der Waals surface area contributed by atoms with Gasteiger partial charge >= 0.3 is 0 Å². The van der Waals surface area contributed by atoms with Gasteiger partial charge in [-0.2, -0.15) is 0 Å². The summed E-state index contributed by atoms with van der Waals surface area (Å²) < 4.78 is 5.12. The second-order valence-electron chi connectivity index (χ2n) is 5.20. The minimum Gasteiger partial charge on any atom is -0.419 e. The number of carbonyl (C=O) groups is 3. The Bertz CT molecular complexity index is 490. The van der Waals surface area contributed by atoms with Crippen LogP contribution in [0.2, 0.25) is 5.04 Å². The van der Waals surface area contributed by atoms with Gasteiger partial charge in [0.05, 0.1) is 0 Å². The average Bonchev–Trinajstić information content (AvgIpc) is 2.41. The molecular weight excluding hydrogens is 284 g/mol. The fourth-order valence-corrected chi connectivity index (χ4v) is 3.32. The summed E-state index contributed by atoms with van der Waals surface area (Å²) in [6, 6.07) is 0. The maximum atomic E-state index is 12.7. The Hall–Kier alpha value is -1.59. The lowest BCUT2D eigenvalue weighted by Crippen LogP contribution is -2.47. The highest BCUT2D eigenvalue weighted by molar-refractivity contribution is 6.55. The molecule has 0 heterocycles. The van der Waals surface area contributed by atoms with Crippen LogP contribution in [-0.4, -0.2) is 34.2 Å². The molecule has 21 heavy (non-hydrogen) atoms. The van der Waals surface area contributed by atoms with Crippen molar-refractivity contribution in [3.63, 3.8) is 0 Å². The first-order chi connectivity index (χ1) is 9.53. The monoisotopic (exact) mass is 306 g/mol. The number of allylic oxidation sites excluding steroid dienone is 3. The SMILES string of the molecule is C=C(C)C(=O)C(C)C([Si]OC)(C(=O)C(=C)C)C(=O)C(=C)C. The van der Waals surface area contributed by atoms with E-state index >= 15 is 0 Å². The average molecular weight is 306 g/mol. The van der Waals surface area contributed by atoms with E-state index in [1.165, 1.54) is 21.0 Å². The third-order valence-corrected chi connectivity index (χ3v) is 4.63. The fourth-order valence-electron chi connectivity index (χ4n) is 2.08. The van der Waals surface area contributed by atoms with Crippen molar-refractivity contribution >= 4 is 27.1 Å². The van der Waals surface area contributed by atoms with Crippen molar-refractivity contribution in [3.8, 4) is 0 Å². The van der Waals surface area contributed by atoms with Crippen LogP contribution in [0.4, 0.5) is 0 Å². The van der Waals surface area contributed by atoms with Crippen LogP contribution in [0.1, 0.15) is 27.7 Å². The summed E-state index contributed by atoms with van der Waals surface area (Å²) in [6.07, 6.45) is 0. The van der Waals surface area contributed by atoms with Crippen LogP contribution in [-0.2, 0) is 18.8 Å². The normalized spacial score (nSPS) is 12.4. The maximum absolute atomic E-state index is 12.7. The molecule has 0 rings (SSSR count). The third kappa shape index (κ3) is 3.74. The second-order valence-corrected chi connectivity index (χ2v) is 6.60. The second kappa shape index (κ2) is 7.43. The van der Waals surface area contributed by atoms with E-state index in [-0.39, 0.29) is 22.5 Å². The summed E-state index contributed by atoms with van der Waals surface area (Å²) in [5, 5.41) is -1.61. The molecular formula is C16H22O4Si. The molecule has 0 bridgehead atoms. The lowest BCUT2D eigenvalue weighted by atomic mass is 9.77. The Labute approximate surface area is 128 Å². The molecule has 0 saturated heterocycles. The van der Waals surface area contributed by atoms with E-state index < -0.39 is 32.3 Å². The molecule has 0 N–H and O–H groups in total. The molecule has 1 atom stereocenters. The molecule has 1 unspecified atom stereocenters. The van der Waals surface area contributed by atoms with Gasteiger partial charge in [-0.25, -0.2) is 0 Å². The molecule has 0 aromatic heterocycles. The summed E-state index contributed by atoms with van der Waals surface area (Å²) in [5.41, 5.74) is 0.697. The van der Waals surface area contributed by atoms with Crippen LogP contribution in [0.25, 0.3) is 0 Å². The first-order valence-electron chi connectivity index (χ1n) is 6.44. The van der Waals surface area contributed by atoms with Gasteiger partial charge in [-0.3, -0.25) is 14.4 Å². The number of ketones is 3. The quantitative estimate of drug-likeness (QED) is 0.373. The van der Waals surface area contributed by atoms with E-state index in [0.717, 1.165) is 0 Å². The third-order valence-electron chi connectivity index (χ3n) is 3.22.